The maximum atomic E-state index is 11.1. The van der Waals surface area contributed by atoms with Crippen molar-refractivity contribution in [3.8, 4) is 0 Å². The van der Waals surface area contributed by atoms with Gasteiger partial charge in [0, 0.05) is 11.4 Å². The molecular formula is C20H24O8Zr. The number of carbonyl (C=O) groups is 4. The van der Waals surface area contributed by atoms with Crippen LogP contribution in [0.2, 0.25) is 0 Å². The number of rotatable bonds is 4. The van der Waals surface area contributed by atoms with Crippen LogP contribution >= 0.6 is 0 Å². The molecule has 4 aliphatic rings. The van der Waals surface area contributed by atoms with Crippen molar-refractivity contribution in [3.63, 3.8) is 0 Å². The molecule has 4 aliphatic carbocycles. The van der Waals surface area contributed by atoms with Gasteiger partial charge in [-0.1, -0.05) is 19.7 Å². The molecule has 29 heavy (non-hydrogen) atoms. The van der Waals surface area contributed by atoms with Gasteiger partial charge in [0.05, 0.1) is 17.9 Å². The van der Waals surface area contributed by atoms with Gasteiger partial charge >= 0.3 is 26.2 Å². The number of carboxylic acid groups (broad SMARTS) is 4. The first-order valence-corrected chi connectivity index (χ1v) is 8.71. The number of aliphatic carboxylic acids is 4. The summed E-state index contributed by atoms with van der Waals surface area (Å²) in [6.07, 6.45) is 8.82. The van der Waals surface area contributed by atoms with Crippen molar-refractivity contribution >= 4 is 23.9 Å². The smallest absolute Gasteiger partial charge is 0.550 e. The Labute approximate surface area is 189 Å². The van der Waals surface area contributed by atoms with Crippen LogP contribution in [-0.4, -0.2) is 23.9 Å². The summed E-state index contributed by atoms with van der Waals surface area (Å²) in [7, 11) is 0. The van der Waals surface area contributed by atoms with Crippen LogP contribution in [-0.2, 0) is 45.4 Å². The zero-order valence-corrected chi connectivity index (χ0v) is 18.6. The molecule has 0 saturated heterocycles. The van der Waals surface area contributed by atoms with E-state index >= 15 is 0 Å². The summed E-state index contributed by atoms with van der Waals surface area (Å²) in [6.45, 7) is 8.69. The molecule has 0 N–H and O–H groups in total. The van der Waals surface area contributed by atoms with Gasteiger partial charge in [-0.15, -0.1) is 0 Å². The van der Waals surface area contributed by atoms with Gasteiger partial charge in [0.25, 0.3) is 0 Å². The largest absolute Gasteiger partial charge is 4.00 e. The van der Waals surface area contributed by atoms with Crippen LogP contribution in [0.15, 0.2) is 38.0 Å². The number of carboxylic acids is 4. The molecule has 0 aromatic carbocycles. The summed E-state index contributed by atoms with van der Waals surface area (Å²) >= 11 is 0. The fraction of sp³-hybridized carbons (Fsp3) is 0.500. The Balaban J connectivity index is 0. The number of carbonyl (C=O) groups excluding carboxylic acids is 4. The van der Waals surface area contributed by atoms with E-state index in [1.807, 2.05) is 0 Å². The average molecular weight is 484 g/mol. The van der Waals surface area contributed by atoms with Crippen molar-refractivity contribution < 1.29 is 65.8 Å². The van der Waals surface area contributed by atoms with Crippen LogP contribution < -0.4 is 20.4 Å². The molecule has 0 atom stereocenters. The normalized spacial score (nSPS) is 26.8. The third-order valence-corrected chi connectivity index (χ3v) is 4.97. The first-order chi connectivity index (χ1) is 13.0. The second-order valence-corrected chi connectivity index (χ2v) is 7.05. The average Bonchev–Trinajstić information content (AvgIpc) is 2.62. The molecule has 156 valence electrons. The van der Waals surface area contributed by atoms with Crippen molar-refractivity contribution in [1.82, 2.24) is 0 Å². The predicted octanol–water partition coefficient (Wildman–Crippen LogP) is -2.28. The van der Waals surface area contributed by atoms with Crippen LogP contribution in [0.5, 0.6) is 0 Å². The molecule has 4 rings (SSSR count). The van der Waals surface area contributed by atoms with Gasteiger partial charge in [-0.2, -0.15) is 0 Å². The first kappa shape index (κ1) is 29.2. The minimum Gasteiger partial charge on any atom is -0.550 e. The SMILES string of the molecule is C=CC(=O)[O-].C=CC(=O)[O-].C=CC(=O)[O-].O=C([O-])C12CC3CC(CC(C3)C1)C2.[Zr+4]. The molecule has 0 heterocycles. The molecule has 0 amide bonds. The first-order valence-electron chi connectivity index (χ1n) is 8.71. The Bertz CT molecular complexity index is 548. The molecule has 0 aromatic rings. The van der Waals surface area contributed by atoms with Crippen LogP contribution in [0, 0.1) is 23.2 Å². The van der Waals surface area contributed by atoms with E-state index in [1.54, 1.807) is 0 Å². The van der Waals surface area contributed by atoms with Gasteiger partial charge in [0.1, 0.15) is 0 Å². The Morgan fingerprint density at radius 3 is 1.00 bits per heavy atom. The maximum absolute atomic E-state index is 11.1. The van der Waals surface area contributed by atoms with Gasteiger partial charge in [-0.05, 0) is 74.5 Å². The Kier molecular flexibility index (Phi) is 14.1. The topological polar surface area (TPSA) is 161 Å². The molecule has 9 heteroatoms. The van der Waals surface area contributed by atoms with Crippen LogP contribution in [0.4, 0.5) is 0 Å². The van der Waals surface area contributed by atoms with Gasteiger partial charge in [-0.25, -0.2) is 0 Å². The summed E-state index contributed by atoms with van der Waals surface area (Å²) in [5.74, 6) is -2.32. The monoisotopic (exact) mass is 482 g/mol. The van der Waals surface area contributed by atoms with Crippen molar-refractivity contribution in [2.45, 2.75) is 38.5 Å². The molecule has 4 fully saturated rings. The number of hydrogen-bond donors (Lipinski definition) is 0. The van der Waals surface area contributed by atoms with Crippen LogP contribution in [0.1, 0.15) is 38.5 Å². The Morgan fingerprint density at radius 2 is 0.862 bits per heavy atom. The summed E-state index contributed by atoms with van der Waals surface area (Å²) in [5, 5.41) is 38.6. The molecule has 0 unspecified atom stereocenters. The van der Waals surface area contributed by atoms with Crippen molar-refractivity contribution in [2.24, 2.45) is 23.2 Å². The summed E-state index contributed by atoms with van der Waals surface area (Å²) in [5.41, 5.74) is -0.394. The second-order valence-electron chi connectivity index (χ2n) is 7.05. The second kappa shape index (κ2) is 14.0. The fourth-order valence-corrected chi connectivity index (χ4v) is 4.36. The van der Waals surface area contributed by atoms with E-state index in [9.17, 15) is 9.90 Å². The van der Waals surface area contributed by atoms with E-state index in [0.29, 0.717) is 17.8 Å². The minimum atomic E-state index is -1.23. The number of hydrogen-bond acceptors (Lipinski definition) is 8. The molecule has 0 aromatic heterocycles. The zero-order chi connectivity index (χ0) is 21.9. The fourth-order valence-electron chi connectivity index (χ4n) is 4.36. The van der Waals surface area contributed by atoms with E-state index in [4.69, 9.17) is 29.7 Å². The molecule has 4 bridgehead atoms. The summed E-state index contributed by atoms with van der Waals surface area (Å²) in [4.78, 5) is 38.6. The minimum absolute atomic E-state index is 0. The van der Waals surface area contributed by atoms with E-state index in [0.717, 1.165) is 37.5 Å². The third-order valence-electron chi connectivity index (χ3n) is 4.97. The zero-order valence-electron chi connectivity index (χ0n) is 16.1. The third kappa shape index (κ3) is 10.9. The Morgan fingerprint density at radius 1 is 0.655 bits per heavy atom. The van der Waals surface area contributed by atoms with Crippen molar-refractivity contribution in [3.05, 3.63) is 38.0 Å². The van der Waals surface area contributed by atoms with Crippen LogP contribution in [0.25, 0.3) is 0 Å². The predicted molar refractivity (Wildman–Crippen MR) is 91.2 cm³/mol. The van der Waals surface area contributed by atoms with Crippen molar-refractivity contribution in [1.29, 1.82) is 0 Å². The molecule has 0 spiro atoms. The summed E-state index contributed by atoms with van der Waals surface area (Å²) in [6, 6.07) is 0. The standard InChI is InChI=1S/C11H16O2.3C3H4O2.Zr/c12-10(13)11-4-7-1-8(5-11)3-9(2-7)6-11;3*1-2-3(4)5;/h7-9H,1-6H2,(H,12,13);3*2H,1H2,(H,4,5);/q;;;;+4/p-4. The molecule has 8 nitrogen and oxygen atoms in total. The molecule has 0 radical (unpaired) electrons. The molecule has 4 saturated carbocycles. The van der Waals surface area contributed by atoms with E-state index < -0.39 is 29.3 Å². The van der Waals surface area contributed by atoms with Gasteiger partial charge in [0.2, 0.25) is 0 Å². The van der Waals surface area contributed by atoms with Crippen LogP contribution in [0.3, 0.4) is 0 Å². The maximum Gasteiger partial charge on any atom is 4.00 e. The molecule has 0 aliphatic heterocycles. The quantitative estimate of drug-likeness (QED) is 0.404. The summed E-state index contributed by atoms with van der Waals surface area (Å²) < 4.78 is 0. The van der Waals surface area contributed by atoms with Crippen molar-refractivity contribution in [2.75, 3.05) is 0 Å². The van der Waals surface area contributed by atoms with E-state index in [1.165, 1.54) is 19.3 Å². The van der Waals surface area contributed by atoms with E-state index in [2.05, 4.69) is 19.7 Å². The van der Waals surface area contributed by atoms with E-state index in [-0.39, 0.29) is 26.2 Å². The van der Waals surface area contributed by atoms with Gasteiger partial charge in [-0.3, -0.25) is 0 Å². The Hall–Kier alpha value is -2.02. The molecular weight excluding hydrogens is 459 g/mol. The van der Waals surface area contributed by atoms with Gasteiger partial charge in [0.15, 0.2) is 0 Å². The van der Waals surface area contributed by atoms with Gasteiger partial charge < -0.3 is 39.6 Å².